The average Bonchev–Trinajstić information content (AvgIpc) is 2.85. The third-order valence-corrected chi connectivity index (χ3v) is 3.71. The Labute approximate surface area is 163 Å². The van der Waals surface area contributed by atoms with Crippen molar-refractivity contribution >= 4 is 36.0 Å². The zero-order valence-corrected chi connectivity index (χ0v) is 18.0. The maximum Gasteiger partial charge on any atom is 0.407 e. The van der Waals surface area contributed by atoms with Crippen molar-refractivity contribution in [2.75, 3.05) is 40.3 Å². The smallest absolute Gasteiger partial charge is 0.407 e. The fourth-order valence-electron chi connectivity index (χ4n) is 2.47. The summed E-state index contributed by atoms with van der Waals surface area (Å²) >= 11 is 0. The molecule has 1 aliphatic heterocycles. The van der Waals surface area contributed by atoms with Gasteiger partial charge in [-0.2, -0.15) is 0 Å². The molecule has 8 heteroatoms. The Kier molecular flexibility index (Phi) is 11.4. The SMILES string of the molecule is CN=C(NCCCNC(=O)OC(C)(C)C)NCC1CCCN1C.I. The fraction of sp³-hybridized carbons (Fsp3) is 0.875. The molecule has 0 aromatic carbocycles. The van der Waals surface area contributed by atoms with Crippen molar-refractivity contribution in [1.29, 1.82) is 0 Å². The van der Waals surface area contributed by atoms with Gasteiger partial charge < -0.3 is 25.6 Å². The van der Waals surface area contributed by atoms with Gasteiger partial charge in [-0.25, -0.2) is 4.79 Å². The number of alkyl carbamates (subject to hydrolysis) is 1. The molecule has 1 atom stereocenters. The summed E-state index contributed by atoms with van der Waals surface area (Å²) in [7, 11) is 3.94. The maximum absolute atomic E-state index is 11.5. The number of carbonyl (C=O) groups excluding carboxylic acids is 1. The number of halogens is 1. The van der Waals surface area contributed by atoms with Gasteiger partial charge in [-0.15, -0.1) is 24.0 Å². The highest BCUT2D eigenvalue weighted by atomic mass is 127. The van der Waals surface area contributed by atoms with Gasteiger partial charge in [0.2, 0.25) is 0 Å². The minimum atomic E-state index is -0.457. The molecule has 0 spiro atoms. The van der Waals surface area contributed by atoms with Crippen LogP contribution in [0.1, 0.15) is 40.0 Å². The Morgan fingerprint density at radius 3 is 2.46 bits per heavy atom. The number of rotatable bonds is 6. The van der Waals surface area contributed by atoms with Crippen LogP contribution in [0.3, 0.4) is 0 Å². The Hall–Kier alpha value is -0.770. The molecule has 0 aromatic rings. The molecule has 3 N–H and O–H groups in total. The second-order valence-corrected chi connectivity index (χ2v) is 6.94. The van der Waals surface area contributed by atoms with Gasteiger partial charge in [0.25, 0.3) is 0 Å². The minimum Gasteiger partial charge on any atom is -0.444 e. The van der Waals surface area contributed by atoms with Gasteiger partial charge in [0.1, 0.15) is 5.60 Å². The highest BCUT2D eigenvalue weighted by Gasteiger charge is 2.20. The largest absolute Gasteiger partial charge is 0.444 e. The molecule has 1 unspecified atom stereocenters. The van der Waals surface area contributed by atoms with Crippen LogP contribution in [-0.2, 0) is 4.74 Å². The summed E-state index contributed by atoms with van der Waals surface area (Å²) in [5, 5.41) is 9.36. The molecule has 1 amide bonds. The van der Waals surface area contributed by atoms with E-state index in [1.165, 1.54) is 19.4 Å². The molecule has 1 aliphatic rings. The normalized spacial score (nSPS) is 18.7. The number of guanidine groups is 1. The first-order valence-electron chi connectivity index (χ1n) is 8.43. The third kappa shape index (κ3) is 10.2. The van der Waals surface area contributed by atoms with E-state index >= 15 is 0 Å². The second-order valence-electron chi connectivity index (χ2n) is 6.94. The van der Waals surface area contributed by atoms with Crippen molar-refractivity contribution in [3.8, 4) is 0 Å². The molecule has 0 aliphatic carbocycles. The summed E-state index contributed by atoms with van der Waals surface area (Å²) in [5.41, 5.74) is -0.457. The van der Waals surface area contributed by atoms with Crippen LogP contribution in [0.25, 0.3) is 0 Å². The topological polar surface area (TPSA) is 78.0 Å². The number of carbonyl (C=O) groups is 1. The molecule has 0 radical (unpaired) electrons. The summed E-state index contributed by atoms with van der Waals surface area (Å²) in [5.74, 6) is 0.808. The molecule has 7 nitrogen and oxygen atoms in total. The van der Waals surface area contributed by atoms with Gasteiger partial charge in [0.15, 0.2) is 5.96 Å². The van der Waals surface area contributed by atoms with E-state index < -0.39 is 5.60 Å². The number of ether oxygens (including phenoxy) is 1. The number of aliphatic imine (C=N–C) groups is 1. The van der Waals surface area contributed by atoms with Gasteiger partial charge in [0, 0.05) is 32.7 Å². The standard InChI is InChI=1S/C16H33N5O2.HI/c1-16(2,3)23-15(22)19-10-7-9-18-14(17-4)20-12-13-8-6-11-21(13)5;/h13H,6-12H2,1-5H3,(H,19,22)(H2,17,18,20);1H. The Bertz CT molecular complexity index is 398. The molecule has 0 aromatic heterocycles. The third-order valence-electron chi connectivity index (χ3n) is 3.71. The van der Waals surface area contributed by atoms with Crippen molar-refractivity contribution < 1.29 is 9.53 Å². The van der Waals surface area contributed by atoms with E-state index in [0.717, 1.165) is 25.5 Å². The second kappa shape index (κ2) is 11.7. The Morgan fingerprint density at radius 1 is 1.25 bits per heavy atom. The molecule has 1 fully saturated rings. The summed E-state index contributed by atoms with van der Waals surface area (Å²) in [6.45, 7) is 8.96. The summed E-state index contributed by atoms with van der Waals surface area (Å²) < 4.78 is 5.18. The van der Waals surface area contributed by atoms with E-state index in [-0.39, 0.29) is 30.1 Å². The van der Waals surface area contributed by atoms with Gasteiger partial charge in [0.05, 0.1) is 0 Å². The van der Waals surface area contributed by atoms with Crippen LogP contribution >= 0.6 is 24.0 Å². The van der Waals surface area contributed by atoms with Gasteiger partial charge >= 0.3 is 6.09 Å². The average molecular weight is 455 g/mol. The molecule has 1 heterocycles. The van der Waals surface area contributed by atoms with Crippen molar-refractivity contribution in [2.45, 2.75) is 51.7 Å². The molecule has 142 valence electrons. The Balaban J connectivity index is 0.00000529. The molecular formula is C16H34IN5O2. The minimum absolute atomic E-state index is 0. The Morgan fingerprint density at radius 2 is 1.92 bits per heavy atom. The van der Waals surface area contributed by atoms with Crippen LogP contribution in [0.15, 0.2) is 4.99 Å². The molecular weight excluding hydrogens is 421 g/mol. The number of amides is 1. The lowest BCUT2D eigenvalue weighted by Crippen LogP contribution is -2.44. The molecule has 0 bridgehead atoms. The van der Waals surface area contributed by atoms with Gasteiger partial charge in [-0.1, -0.05) is 0 Å². The zero-order chi connectivity index (χ0) is 17.3. The predicted octanol–water partition coefficient (Wildman–Crippen LogP) is 1.78. The van der Waals surface area contributed by atoms with E-state index in [1.807, 2.05) is 20.8 Å². The van der Waals surface area contributed by atoms with Crippen molar-refractivity contribution in [1.82, 2.24) is 20.9 Å². The summed E-state index contributed by atoms with van der Waals surface area (Å²) in [6.07, 6.45) is 2.94. The first-order chi connectivity index (χ1) is 10.8. The highest BCUT2D eigenvalue weighted by Crippen LogP contribution is 2.13. The summed E-state index contributed by atoms with van der Waals surface area (Å²) in [4.78, 5) is 18.1. The number of nitrogens with one attached hydrogen (secondary N) is 3. The van der Waals surface area contributed by atoms with Crippen molar-refractivity contribution in [2.24, 2.45) is 4.99 Å². The predicted molar refractivity (Wildman–Crippen MR) is 109 cm³/mol. The number of likely N-dealkylation sites (N-methyl/N-ethyl adjacent to an activating group) is 1. The van der Waals surface area contributed by atoms with Crippen LogP contribution in [0.4, 0.5) is 4.79 Å². The number of hydrogen-bond acceptors (Lipinski definition) is 4. The lowest BCUT2D eigenvalue weighted by Gasteiger charge is -2.21. The lowest BCUT2D eigenvalue weighted by atomic mass is 10.2. The first-order valence-corrected chi connectivity index (χ1v) is 8.43. The zero-order valence-electron chi connectivity index (χ0n) is 15.6. The van der Waals surface area contributed by atoms with Gasteiger partial charge in [-0.3, -0.25) is 4.99 Å². The highest BCUT2D eigenvalue weighted by molar-refractivity contribution is 14.0. The van der Waals surface area contributed by atoms with E-state index in [0.29, 0.717) is 12.6 Å². The van der Waals surface area contributed by atoms with Crippen LogP contribution < -0.4 is 16.0 Å². The number of likely N-dealkylation sites (tertiary alicyclic amines) is 1. The fourth-order valence-corrected chi connectivity index (χ4v) is 2.47. The first kappa shape index (κ1) is 23.2. The van der Waals surface area contributed by atoms with Gasteiger partial charge in [-0.05, 0) is 53.6 Å². The van der Waals surface area contributed by atoms with E-state index in [4.69, 9.17) is 4.74 Å². The van der Waals surface area contributed by atoms with Crippen molar-refractivity contribution in [3.05, 3.63) is 0 Å². The van der Waals surface area contributed by atoms with E-state index in [9.17, 15) is 4.79 Å². The lowest BCUT2D eigenvalue weighted by molar-refractivity contribution is 0.0527. The molecule has 1 rings (SSSR count). The number of hydrogen-bond donors (Lipinski definition) is 3. The van der Waals surface area contributed by atoms with E-state index in [2.05, 4.69) is 32.9 Å². The number of nitrogens with zero attached hydrogens (tertiary/aromatic N) is 2. The van der Waals surface area contributed by atoms with Crippen LogP contribution in [-0.4, -0.2) is 68.9 Å². The summed E-state index contributed by atoms with van der Waals surface area (Å²) in [6, 6.07) is 0.586. The monoisotopic (exact) mass is 455 g/mol. The quantitative estimate of drug-likeness (QED) is 0.246. The maximum atomic E-state index is 11.5. The van der Waals surface area contributed by atoms with Crippen LogP contribution in [0, 0.1) is 0 Å². The molecule has 1 saturated heterocycles. The van der Waals surface area contributed by atoms with Crippen LogP contribution in [0.2, 0.25) is 0 Å². The van der Waals surface area contributed by atoms with Crippen LogP contribution in [0.5, 0.6) is 0 Å². The van der Waals surface area contributed by atoms with E-state index in [1.54, 1.807) is 7.05 Å². The van der Waals surface area contributed by atoms with Crippen molar-refractivity contribution in [3.63, 3.8) is 0 Å². The molecule has 24 heavy (non-hydrogen) atoms. The molecule has 0 saturated carbocycles.